The summed E-state index contributed by atoms with van der Waals surface area (Å²) in [4.78, 5) is 15.1. The van der Waals surface area contributed by atoms with Crippen molar-refractivity contribution in [1.29, 1.82) is 0 Å². The molecule has 0 unspecified atom stereocenters. The molecule has 208 valence electrons. The average molecular weight is 544 g/mol. The van der Waals surface area contributed by atoms with Crippen molar-refractivity contribution < 1.29 is 23.4 Å². The number of hydrogen-bond acceptors (Lipinski definition) is 5. The number of rotatable bonds is 10. The first-order valence-corrected chi connectivity index (χ1v) is 13.6. The molecule has 1 aliphatic heterocycles. The van der Waals surface area contributed by atoms with Gasteiger partial charge in [0.1, 0.15) is 24.7 Å². The molecule has 1 heterocycles. The van der Waals surface area contributed by atoms with E-state index >= 15 is 0 Å². The molecule has 2 N–H and O–H groups in total. The van der Waals surface area contributed by atoms with Crippen LogP contribution < -0.4 is 24.8 Å². The summed E-state index contributed by atoms with van der Waals surface area (Å²) < 4.78 is 30.8. The number of nitrogens with zero attached hydrogens (tertiary/aromatic N) is 1. The highest BCUT2D eigenvalue weighted by molar-refractivity contribution is 6.07. The van der Waals surface area contributed by atoms with Crippen molar-refractivity contribution in [1.82, 2.24) is 4.90 Å². The van der Waals surface area contributed by atoms with Crippen LogP contribution in [0.5, 0.6) is 17.2 Å². The summed E-state index contributed by atoms with van der Waals surface area (Å²) >= 11 is 0. The summed E-state index contributed by atoms with van der Waals surface area (Å²) in [6.07, 6.45) is 3.90. The zero-order chi connectivity index (χ0) is 27.7. The molecule has 2 amide bonds. The van der Waals surface area contributed by atoms with Gasteiger partial charge in [-0.2, -0.15) is 0 Å². The predicted molar refractivity (Wildman–Crippen MR) is 156 cm³/mol. The fraction of sp³-hybridized carbons (Fsp3) is 0.281. The number of piperidine rings is 1. The van der Waals surface area contributed by atoms with Gasteiger partial charge in [0.05, 0.1) is 12.8 Å². The number of carbonyl (C=O) groups is 1. The van der Waals surface area contributed by atoms with E-state index in [0.717, 1.165) is 28.6 Å². The Morgan fingerprint density at radius 2 is 1.62 bits per heavy atom. The number of fused-ring (bicyclic) bond motifs is 1. The Hall–Kier alpha value is -4.30. The molecule has 0 radical (unpaired) electrons. The van der Waals surface area contributed by atoms with Crippen molar-refractivity contribution in [2.24, 2.45) is 0 Å². The van der Waals surface area contributed by atoms with Crippen LogP contribution in [0, 0.1) is 5.82 Å². The summed E-state index contributed by atoms with van der Waals surface area (Å²) in [6, 6.07) is 23.1. The lowest BCUT2D eigenvalue weighted by atomic mass is 10.1. The first kappa shape index (κ1) is 27.3. The summed E-state index contributed by atoms with van der Waals surface area (Å²) in [6.45, 7) is 4.40. The van der Waals surface area contributed by atoms with Gasteiger partial charge in [0.15, 0.2) is 11.6 Å². The molecule has 7 nitrogen and oxygen atoms in total. The molecule has 40 heavy (non-hydrogen) atoms. The third-order valence-electron chi connectivity index (χ3n) is 6.98. The summed E-state index contributed by atoms with van der Waals surface area (Å²) in [7, 11) is 1.37. The van der Waals surface area contributed by atoms with Crippen LogP contribution in [-0.2, 0) is 6.61 Å². The quantitative estimate of drug-likeness (QED) is 0.224. The monoisotopic (exact) mass is 543 g/mol. The highest BCUT2D eigenvalue weighted by atomic mass is 19.1. The fourth-order valence-corrected chi connectivity index (χ4v) is 4.85. The second-order valence-corrected chi connectivity index (χ2v) is 9.77. The number of methoxy groups -OCH3 is 1. The molecule has 1 fully saturated rings. The van der Waals surface area contributed by atoms with Gasteiger partial charge in [0.25, 0.3) is 0 Å². The highest BCUT2D eigenvalue weighted by Gasteiger charge is 2.12. The van der Waals surface area contributed by atoms with Gasteiger partial charge in [-0.1, -0.05) is 42.8 Å². The van der Waals surface area contributed by atoms with Gasteiger partial charge >= 0.3 is 6.03 Å². The van der Waals surface area contributed by atoms with Gasteiger partial charge in [-0.3, -0.25) is 4.90 Å². The molecule has 0 aromatic heterocycles. The van der Waals surface area contributed by atoms with Gasteiger partial charge < -0.3 is 24.8 Å². The van der Waals surface area contributed by atoms with Crippen LogP contribution in [0.15, 0.2) is 78.9 Å². The van der Waals surface area contributed by atoms with Crippen LogP contribution >= 0.6 is 0 Å². The Morgan fingerprint density at radius 3 is 2.40 bits per heavy atom. The molecule has 0 saturated carbocycles. The smallest absolute Gasteiger partial charge is 0.323 e. The number of ether oxygens (including phenoxy) is 3. The first-order valence-electron chi connectivity index (χ1n) is 13.6. The number of hydrogen-bond donors (Lipinski definition) is 2. The van der Waals surface area contributed by atoms with Crippen LogP contribution in [0.3, 0.4) is 0 Å². The molecule has 4 aromatic rings. The molecule has 0 atom stereocenters. The normalized spacial score (nSPS) is 13.6. The summed E-state index contributed by atoms with van der Waals surface area (Å²) in [5.41, 5.74) is 2.07. The van der Waals surface area contributed by atoms with Crippen LogP contribution in [0.2, 0.25) is 0 Å². The van der Waals surface area contributed by atoms with E-state index < -0.39 is 11.8 Å². The van der Waals surface area contributed by atoms with Crippen LogP contribution in [0.25, 0.3) is 10.8 Å². The van der Waals surface area contributed by atoms with E-state index in [0.29, 0.717) is 30.3 Å². The number of carbonyl (C=O) groups excluding carboxylic acids is 1. The van der Waals surface area contributed by atoms with E-state index in [1.54, 1.807) is 0 Å². The maximum atomic E-state index is 13.7. The highest BCUT2D eigenvalue weighted by Crippen LogP contribution is 2.32. The van der Waals surface area contributed by atoms with Gasteiger partial charge in [-0.05, 0) is 67.9 Å². The Kier molecular flexibility index (Phi) is 8.98. The number of likely N-dealkylation sites (tertiary alicyclic amines) is 1. The van der Waals surface area contributed by atoms with Crippen molar-refractivity contribution in [2.45, 2.75) is 25.9 Å². The maximum absolute atomic E-state index is 13.7. The van der Waals surface area contributed by atoms with Crippen molar-refractivity contribution in [3.8, 4) is 17.2 Å². The molecule has 0 bridgehead atoms. The van der Waals surface area contributed by atoms with Gasteiger partial charge in [-0.15, -0.1) is 0 Å². The third-order valence-corrected chi connectivity index (χ3v) is 6.98. The van der Waals surface area contributed by atoms with Crippen molar-refractivity contribution in [2.75, 3.05) is 44.0 Å². The topological polar surface area (TPSA) is 72.1 Å². The molecule has 0 aliphatic carbocycles. The maximum Gasteiger partial charge on any atom is 0.323 e. The van der Waals surface area contributed by atoms with Crippen molar-refractivity contribution in [3.05, 3.63) is 90.2 Å². The van der Waals surface area contributed by atoms with Crippen molar-refractivity contribution in [3.63, 3.8) is 0 Å². The molecule has 4 aromatic carbocycles. The minimum absolute atomic E-state index is 0.0553. The number of urea groups is 1. The average Bonchev–Trinajstić information content (AvgIpc) is 2.99. The lowest BCUT2D eigenvalue weighted by Gasteiger charge is -2.26. The van der Waals surface area contributed by atoms with Gasteiger partial charge in [0.2, 0.25) is 0 Å². The first-order chi connectivity index (χ1) is 19.6. The number of benzene rings is 4. The lowest BCUT2D eigenvalue weighted by molar-refractivity contribution is 0.183. The number of halogens is 1. The van der Waals surface area contributed by atoms with Crippen LogP contribution in [0.4, 0.5) is 20.6 Å². The van der Waals surface area contributed by atoms with Gasteiger partial charge in [-0.25, -0.2) is 9.18 Å². The summed E-state index contributed by atoms with van der Waals surface area (Å²) in [5, 5.41) is 7.30. The Balaban J connectivity index is 1.18. The van der Waals surface area contributed by atoms with Crippen LogP contribution in [0.1, 0.15) is 24.8 Å². The Morgan fingerprint density at radius 1 is 0.850 bits per heavy atom. The Labute approximate surface area is 233 Å². The van der Waals surface area contributed by atoms with E-state index in [9.17, 15) is 9.18 Å². The zero-order valence-corrected chi connectivity index (χ0v) is 22.6. The number of amides is 2. The summed E-state index contributed by atoms with van der Waals surface area (Å²) in [5.74, 6) is 1.13. The lowest BCUT2D eigenvalue weighted by Crippen LogP contribution is -2.33. The molecule has 5 rings (SSSR count). The molecular weight excluding hydrogens is 509 g/mol. The van der Waals surface area contributed by atoms with Crippen molar-refractivity contribution >= 4 is 28.2 Å². The predicted octanol–water partition coefficient (Wildman–Crippen LogP) is 7.08. The standard InChI is InChI=1S/C32H34FN3O4/c1-38-31-21-24(11-14-28(31)33)34-32(37)35-29-15-16-30(27-8-4-3-7-26(27)29)40-22-23-9-12-25(13-10-23)39-20-19-36-17-5-2-6-18-36/h3-4,7-16,21H,2,5-6,17-20,22H2,1H3,(H2,34,35,37). The molecule has 8 heteroatoms. The van der Waals surface area contributed by atoms with Gasteiger partial charge in [0, 0.05) is 29.1 Å². The van der Waals surface area contributed by atoms with Crippen LogP contribution in [-0.4, -0.2) is 44.3 Å². The number of anilines is 2. The van der Waals surface area contributed by atoms with E-state index in [2.05, 4.69) is 15.5 Å². The minimum atomic E-state index is -0.498. The van der Waals surface area contributed by atoms with E-state index in [1.807, 2.05) is 60.7 Å². The third kappa shape index (κ3) is 7.01. The molecule has 1 aliphatic rings. The number of nitrogens with one attached hydrogen (secondary N) is 2. The van der Waals surface area contributed by atoms with E-state index in [-0.39, 0.29) is 5.75 Å². The molecule has 0 spiro atoms. The second-order valence-electron chi connectivity index (χ2n) is 9.77. The molecular formula is C32H34FN3O4. The SMILES string of the molecule is COc1cc(NC(=O)Nc2ccc(OCc3ccc(OCCN4CCCCC4)cc3)c3ccccc23)ccc1F. The Bertz CT molecular complexity index is 1440. The minimum Gasteiger partial charge on any atom is -0.494 e. The van der Waals surface area contributed by atoms with E-state index in [4.69, 9.17) is 14.2 Å². The zero-order valence-electron chi connectivity index (χ0n) is 22.6. The van der Waals surface area contributed by atoms with E-state index in [1.165, 1.54) is 57.7 Å². The fourth-order valence-electron chi connectivity index (χ4n) is 4.85. The molecule has 1 saturated heterocycles. The second kappa shape index (κ2) is 13.2. The largest absolute Gasteiger partial charge is 0.494 e.